The second kappa shape index (κ2) is 9.39. The van der Waals surface area contributed by atoms with Gasteiger partial charge < -0.3 is 32.0 Å². The molecule has 3 rings (SSSR count). The fraction of sp³-hybridized carbons (Fsp3) is 0.238. The number of rotatable bonds is 6. The van der Waals surface area contributed by atoms with Crippen LogP contribution in [0.1, 0.15) is 20.3 Å². The van der Waals surface area contributed by atoms with Gasteiger partial charge in [0.15, 0.2) is 0 Å². The lowest BCUT2D eigenvalue weighted by atomic mass is 10.1. The van der Waals surface area contributed by atoms with Crippen molar-refractivity contribution in [1.82, 2.24) is 0 Å². The van der Waals surface area contributed by atoms with Crippen LogP contribution in [0.4, 0.5) is 0 Å². The molecule has 2 aromatic carbocycles. The minimum absolute atomic E-state index is 0. The number of carbonyl (C=O) groups is 1. The molecule has 0 aliphatic rings. The normalized spacial score (nSPS) is 11.7. The Morgan fingerprint density at radius 2 is 1.82 bits per heavy atom. The number of benzene rings is 2. The van der Waals surface area contributed by atoms with Gasteiger partial charge in [-0.05, 0) is 36.6 Å². The molecule has 0 spiro atoms. The van der Waals surface area contributed by atoms with Gasteiger partial charge in [-0.15, -0.1) is 0 Å². The van der Waals surface area contributed by atoms with Crippen LogP contribution in [0.25, 0.3) is 11.0 Å². The summed E-state index contributed by atoms with van der Waals surface area (Å²) in [6.45, 7) is 3.96. The van der Waals surface area contributed by atoms with E-state index in [1.165, 1.54) is 24.5 Å². The molecule has 1 unspecified atom stereocenters. The van der Waals surface area contributed by atoms with Gasteiger partial charge in [-0.25, -0.2) is 4.79 Å². The molecule has 1 aromatic heterocycles. The van der Waals surface area contributed by atoms with E-state index in [1.54, 1.807) is 12.1 Å². The smallest absolute Gasteiger partial charge is 0.328 e. The van der Waals surface area contributed by atoms with Crippen molar-refractivity contribution in [3.63, 3.8) is 0 Å². The first-order valence-corrected chi connectivity index (χ1v) is 8.70. The van der Waals surface area contributed by atoms with E-state index >= 15 is 0 Å². The van der Waals surface area contributed by atoms with Crippen molar-refractivity contribution in [2.45, 2.75) is 26.3 Å². The molecule has 1 atom stereocenters. The van der Waals surface area contributed by atoms with E-state index in [0.717, 1.165) is 0 Å². The number of para-hydroxylation sites is 1. The summed E-state index contributed by atoms with van der Waals surface area (Å²) in [6.07, 6.45) is 1.77. The highest BCUT2D eigenvalue weighted by molar-refractivity contribution is 5.82. The van der Waals surface area contributed by atoms with Gasteiger partial charge in [0.25, 0.3) is 0 Å². The van der Waals surface area contributed by atoms with E-state index < -0.39 is 12.0 Å². The van der Waals surface area contributed by atoms with E-state index in [9.17, 15) is 9.59 Å². The van der Waals surface area contributed by atoms with Crippen LogP contribution in [0, 0.1) is 5.92 Å². The zero-order valence-electron chi connectivity index (χ0n) is 15.6. The van der Waals surface area contributed by atoms with Gasteiger partial charge in [-0.2, -0.15) is 0 Å². The molecule has 0 saturated carbocycles. The van der Waals surface area contributed by atoms with Crippen LogP contribution < -0.4 is 33.0 Å². The van der Waals surface area contributed by atoms with Crippen LogP contribution in [0.15, 0.2) is 64.0 Å². The van der Waals surface area contributed by atoms with Crippen molar-refractivity contribution in [2.24, 2.45) is 11.7 Å². The Hall–Kier alpha value is -2.83. The molecular weight excluding hydrogens is 382 g/mol. The highest BCUT2D eigenvalue weighted by Crippen LogP contribution is 2.24. The number of carbonyl (C=O) groups excluding carboxylic acids is 1. The molecule has 0 aliphatic carbocycles. The summed E-state index contributed by atoms with van der Waals surface area (Å²) >= 11 is 0. The van der Waals surface area contributed by atoms with Gasteiger partial charge in [0.1, 0.15) is 29.4 Å². The number of nitrogens with two attached hydrogens (primary N) is 1. The predicted molar refractivity (Wildman–Crippen MR) is 102 cm³/mol. The average molecular weight is 403 g/mol. The Balaban J connectivity index is 0.00000280. The highest BCUT2D eigenvalue weighted by atomic mass is 35.5. The summed E-state index contributed by atoms with van der Waals surface area (Å²) in [5.41, 5.74) is 5.82. The number of fused-ring (bicyclic) bond motifs is 1. The maximum absolute atomic E-state index is 12.6. The lowest BCUT2D eigenvalue weighted by Gasteiger charge is -2.13. The summed E-state index contributed by atoms with van der Waals surface area (Å²) in [5, 5.41) is 0.328. The summed E-state index contributed by atoms with van der Waals surface area (Å²) < 4.78 is 16.4. The van der Waals surface area contributed by atoms with Gasteiger partial charge in [0.2, 0.25) is 11.2 Å². The molecule has 148 valence electrons. The maximum Gasteiger partial charge on any atom is 0.328 e. The molecule has 0 amide bonds. The summed E-state index contributed by atoms with van der Waals surface area (Å²) in [6, 6.07) is 12.8. The Bertz CT molecular complexity index is 1000. The third kappa shape index (κ3) is 5.12. The number of esters is 1. The van der Waals surface area contributed by atoms with Crippen LogP contribution in [0.2, 0.25) is 0 Å². The molecule has 2 N–H and O–H groups in total. The van der Waals surface area contributed by atoms with Gasteiger partial charge in [-0.3, -0.25) is 4.79 Å². The fourth-order valence-electron chi connectivity index (χ4n) is 2.64. The van der Waals surface area contributed by atoms with E-state index in [-0.39, 0.29) is 35.3 Å². The van der Waals surface area contributed by atoms with Gasteiger partial charge in [-0.1, -0.05) is 32.0 Å². The lowest BCUT2D eigenvalue weighted by molar-refractivity contribution is -0.136. The Morgan fingerprint density at radius 1 is 1.11 bits per heavy atom. The van der Waals surface area contributed by atoms with Crippen LogP contribution in [0.5, 0.6) is 17.2 Å². The van der Waals surface area contributed by atoms with E-state index in [1.807, 2.05) is 32.0 Å². The highest BCUT2D eigenvalue weighted by Gasteiger charge is 2.18. The van der Waals surface area contributed by atoms with Crippen molar-refractivity contribution in [2.75, 3.05) is 0 Å². The number of halogens is 1. The van der Waals surface area contributed by atoms with Crippen molar-refractivity contribution in [3.05, 3.63) is 65.0 Å². The Morgan fingerprint density at radius 3 is 2.50 bits per heavy atom. The molecular formula is C21H21ClNO5-. The summed E-state index contributed by atoms with van der Waals surface area (Å²) in [7, 11) is 0. The molecule has 0 radical (unpaired) electrons. The predicted octanol–water partition coefficient (Wildman–Crippen LogP) is 0.868. The van der Waals surface area contributed by atoms with E-state index in [0.29, 0.717) is 23.1 Å². The zero-order valence-corrected chi connectivity index (χ0v) is 16.3. The topological polar surface area (TPSA) is 91.8 Å². The molecule has 28 heavy (non-hydrogen) atoms. The molecule has 0 bridgehead atoms. The first kappa shape index (κ1) is 21.5. The maximum atomic E-state index is 12.6. The molecule has 6 nitrogen and oxygen atoms in total. The third-order valence-corrected chi connectivity index (χ3v) is 3.93. The molecule has 0 aliphatic heterocycles. The lowest BCUT2D eigenvalue weighted by Crippen LogP contribution is -3.00. The monoisotopic (exact) mass is 402 g/mol. The number of hydrogen-bond donors (Lipinski definition) is 1. The minimum atomic E-state index is -0.700. The van der Waals surface area contributed by atoms with Crippen molar-refractivity contribution >= 4 is 16.9 Å². The van der Waals surface area contributed by atoms with Crippen molar-refractivity contribution < 1.29 is 31.1 Å². The van der Waals surface area contributed by atoms with Gasteiger partial charge in [0, 0.05) is 6.07 Å². The average Bonchev–Trinajstić information content (AvgIpc) is 2.64. The molecule has 7 heteroatoms. The van der Waals surface area contributed by atoms with Crippen molar-refractivity contribution in [3.8, 4) is 17.2 Å². The largest absolute Gasteiger partial charge is 1.00 e. The molecule has 3 aromatic rings. The number of ether oxygens (including phenoxy) is 2. The molecule has 0 saturated heterocycles. The fourth-order valence-corrected chi connectivity index (χ4v) is 2.64. The SMILES string of the molecule is CC(C)CC(N)C(=O)Oc1ccc2c(=O)c(Oc3ccccc3)coc2c1.[Cl-]. The standard InChI is InChI=1S/C21H21NO5.ClH/c1-13(2)10-17(22)21(24)27-15-8-9-16-18(11-15)25-12-19(20(16)23)26-14-6-4-3-5-7-14;/h3-9,11-13,17H,10,22H2,1-2H3;1H/p-1. The minimum Gasteiger partial charge on any atom is -1.00 e. The van der Waals surface area contributed by atoms with Crippen LogP contribution in [-0.2, 0) is 4.79 Å². The Kier molecular flexibility index (Phi) is 7.20. The van der Waals surface area contributed by atoms with Crippen molar-refractivity contribution in [1.29, 1.82) is 0 Å². The van der Waals surface area contributed by atoms with Crippen LogP contribution >= 0.6 is 0 Å². The molecule has 0 fully saturated rings. The van der Waals surface area contributed by atoms with Gasteiger partial charge >= 0.3 is 5.97 Å². The van der Waals surface area contributed by atoms with E-state index in [2.05, 4.69) is 0 Å². The zero-order chi connectivity index (χ0) is 19.4. The number of hydrogen-bond acceptors (Lipinski definition) is 6. The summed E-state index contributed by atoms with van der Waals surface area (Å²) in [4.78, 5) is 24.6. The van der Waals surface area contributed by atoms with E-state index in [4.69, 9.17) is 19.6 Å². The Labute approximate surface area is 168 Å². The second-order valence-corrected chi connectivity index (χ2v) is 6.66. The van der Waals surface area contributed by atoms with Crippen LogP contribution in [-0.4, -0.2) is 12.0 Å². The van der Waals surface area contributed by atoms with Crippen LogP contribution in [0.3, 0.4) is 0 Å². The molecule has 1 heterocycles. The quantitative estimate of drug-likeness (QED) is 0.486. The van der Waals surface area contributed by atoms with Gasteiger partial charge in [0.05, 0.1) is 5.39 Å². The first-order chi connectivity index (χ1) is 12.9. The first-order valence-electron chi connectivity index (χ1n) is 8.70. The second-order valence-electron chi connectivity index (χ2n) is 6.66. The third-order valence-electron chi connectivity index (χ3n) is 3.93. The summed E-state index contributed by atoms with van der Waals surface area (Å²) in [5.74, 6) is 0.650.